The fraction of sp³-hybridized carbons (Fsp3) is 0.571. The van der Waals surface area contributed by atoms with Gasteiger partial charge in [-0.3, -0.25) is 0 Å². The van der Waals surface area contributed by atoms with E-state index in [4.69, 9.17) is 14.6 Å². The van der Waals surface area contributed by atoms with Crippen LogP contribution in [-0.4, -0.2) is 43.2 Å². The predicted octanol–water partition coefficient (Wildman–Crippen LogP) is 1.10. The van der Waals surface area contributed by atoms with Crippen molar-refractivity contribution >= 4 is 0 Å². The summed E-state index contributed by atoms with van der Waals surface area (Å²) >= 11 is 0. The molecule has 2 atom stereocenters. The van der Waals surface area contributed by atoms with E-state index in [0.717, 1.165) is 5.56 Å². The monoisotopic (exact) mass is 269 g/mol. The zero-order valence-electron chi connectivity index (χ0n) is 11.9. The molecule has 0 saturated heterocycles. The first-order chi connectivity index (χ1) is 8.93. The minimum atomic E-state index is -1.12. The van der Waals surface area contributed by atoms with E-state index in [0.29, 0.717) is 18.0 Å². The Morgan fingerprint density at radius 2 is 1.89 bits per heavy atom. The lowest BCUT2D eigenvalue weighted by molar-refractivity contribution is 0.00105. The van der Waals surface area contributed by atoms with E-state index in [1.807, 2.05) is 25.1 Å². The Morgan fingerprint density at radius 3 is 2.42 bits per heavy atom. The highest BCUT2D eigenvalue weighted by Gasteiger charge is 2.20. The quantitative estimate of drug-likeness (QED) is 0.691. The summed E-state index contributed by atoms with van der Waals surface area (Å²) in [6, 6.07) is 5.70. The highest BCUT2D eigenvalue weighted by molar-refractivity contribution is 5.43. The molecule has 2 unspecified atom stereocenters. The summed E-state index contributed by atoms with van der Waals surface area (Å²) in [6.45, 7) is 3.59. The second-order valence-electron chi connectivity index (χ2n) is 4.87. The summed E-state index contributed by atoms with van der Waals surface area (Å²) in [7, 11) is 3.19. The molecular weight excluding hydrogens is 246 g/mol. The van der Waals surface area contributed by atoms with Crippen molar-refractivity contribution in [2.24, 2.45) is 0 Å². The summed E-state index contributed by atoms with van der Waals surface area (Å²) < 4.78 is 10.4. The van der Waals surface area contributed by atoms with Gasteiger partial charge in [0.25, 0.3) is 0 Å². The maximum Gasteiger partial charge on any atom is 0.161 e. The van der Waals surface area contributed by atoms with E-state index < -0.39 is 5.60 Å². The third-order valence-corrected chi connectivity index (χ3v) is 3.04. The van der Waals surface area contributed by atoms with E-state index in [2.05, 4.69) is 5.32 Å². The van der Waals surface area contributed by atoms with E-state index in [1.54, 1.807) is 21.1 Å². The number of ether oxygens (including phenoxy) is 2. The van der Waals surface area contributed by atoms with Crippen LogP contribution >= 0.6 is 0 Å². The van der Waals surface area contributed by atoms with Gasteiger partial charge in [0.1, 0.15) is 0 Å². The lowest BCUT2D eigenvalue weighted by atomic mass is 10.0. The van der Waals surface area contributed by atoms with Crippen LogP contribution in [0.2, 0.25) is 0 Å². The van der Waals surface area contributed by atoms with Crippen molar-refractivity contribution in [3.63, 3.8) is 0 Å². The first-order valence-electron chi connectivity index (χ1n) is 6.22. The van der Waals surface area contributed by atoms with Gasteiger partial charge in [0.05, 0.1) is 26.4 Å². The molecule has 0 heterocycles. The highest BCUT2D eigenvalue weighted by atomic mass is 16.5. The number of benzene rings is 1. The highest BCUT2D eigenvalue weighted by Crippen LogP contribution is 2.29. The molecule has 0 radical (unpaired) electrons. The van der Waals surface area contributed by atoms with Gasteiger partial charge in [-0.25, -0.2) is 0 Å². The van der Waals surface area contributed by atoms with Crippen molar-refractivity contribution in [2.45, 2.75) is 25.5 Å². The maximum absolute atomic E-state index is 9.74. The van der Waals surface area contributed by atoms with Crippen molar-refractivity contribution in [1.82, 2.24) is 5.32 Å². The van der Waals surface area contributed by atoms with Crippen molar-refractivity contribution in [3.05, 3.63) is 23.8 Å². The molecule has 5 nitrogen and oxygen atoms in total. The summed E-state index contributed by atoms with van der Waals surface area (Å²) in [6.07, 6.45) is 0. The van der Waals surface area contributed by atoms with Crippen LogP contribution in [0, 0.1) is 0 Å². The zero-order valence-corrected chi connectivity index (χ0v) is 11.9. The molecule has 0 aliphatic rings. The topological polar surface area (TPSA) is 71.0 Å². The summed E-state index contributed by atoms with van der Waals surface area (Å²) in [4.78, 5) is 0. The van der Waals surface area contributed by atoms with Crippen LogP contribution < -0.4 is 14.8 Å². The Hall–Kier alpha value is -1.30. The van der Waals surface area contributed by atoms with E-state index in [9.17, 15) is 5.11 Å². The fourth-order valence-electron chi connectivity index (χ4n) is 1.67. The van der Waals surface area contributed by atoms with Crippen molar-refractivity contribution in [2.75, 3.05) is 27.4 Å². The molecule has 0 amide bonds. The van der Waals surface area contributed by atoms with Gasteiger partial charge in [0.15, 0.2) is 11.5 Å². The van der Waals surface area contributed by atoms with Crippen molar-refractivity contribution in [3.8, 4) is 11.5 Å². The second kappa shape index (κ2) is 6.75. The van der Waals surface area contributed by atoms with Crippen LogP contribution in [0.4, 0.5) is 0 Å². The third-order valence-electron chi connectivity index (χ3n) is 3.04. The average molecular weight is 269 g/mol. The Labute approximate surface area is 114 Å². The number of aliphatic hydroxyl groups excluding tert-OH is 1. The van der Waals surface area contributed by atoms with Gasteiger partial charge in [-0.1, -0.05) is 6.07 Å². The van der Waals surface area contributed by atoms with Crippen LogP contribution in [0.1, 0.15) is 25.5 Å². The van der Waals surface area contributed by atoms with Gasteiger partial charge in [0.2, 0.25) is 0 Å². The Balaban J connectivity index is 2.74. The van der Waals surface area contributed by atoms with Crippen LogP contribution in [-0.2, 0) is 0 Å². The third kappa shape index (κ3) is 4.38. The standard InChI is InChI=1S/C14H23NO4/c1-10(15-8-14(2,17)9-16)11-5-6-12(18-3)13(7-11)19-4/h5-7,10,15-17H,8-9H2,1-4H3. The number of hydrogen-bond acceptors (Lipinski definition) is 5. The van der Waals surface area contributed by atoms with Crippen LogP contribution in [0.3, 0.4) is 0 Å². The van der Waals surface area contributed by atoms with Crippen molar-refractivity contribution in [1.29, 1.82) is 0 Å². The smallest absolute Gasteiger partial charge is 0.161 e. The molecule has 1 aromatic carbocycles. The minimum absolute atomic E-state index is 0.0258. The van der Waals surface area contributed by atoms with Gasteiger partial charge < -0.3 is 25.0 Å². The van der Waals surface area contributed by atoms with Gasteiger partial charge in [-0.15, -0.1) is 0 Å². The van der Waals surface area contributed by atoms with E-state index >= 15 is 0 Å². The molecule has 0 bridgehead atoms. The Morgan fingerprint density at radius 1 is 1.26 bits per heavy atom. The molecule has 5 heteroatoms. The van der Waals surface area contributed by atoms with Crippen LogP contribution in [0.15, 0.2) is 18.2 Å². The summed E-state index contributed by atoms with van der Waals surface area (Å²) in [5, 5.41) is 21.9. The molecule has 0 saturated carbocycles. The maximum atomic E-state index is 9.74. The molecule has 1 rings (SSSR count). The van der Waals surface area contributed by atoms with Crippen LogP contribution in [0.25, 0.3) is 0 Å². The van der Waals surface area contributed by atoms with Gasteiger partial charge in [-0.2, -0.15) is 0 Å². The number of rotatable bonds is 7. The fourth-order valence-corrected chi connectivity index (χ4v) is 1.67. The van der Waals surface area contributed by atoms with Crippen LogP contribution in [0.5, 0.6) is 11.5 Å². The van der Waals surface area contributed by atoms with Gasteiger partial charge >= 0.3 is 0 Å². The average Bonchev–Trinajstić information content (AvgIpc) is 2.44. The Kier molecular flexibility index (Phi) is 5.60. The zero-order chi connectivity index (χ0) is 14.5. The number of nitrogens with one attached hydrogen (secondary N) is 1. The molecule has 1 aromatic rings. The number of hydrogen-bond donors (Lipinski definition) is 3. The predicted molar refractivity (Wildman–Crippen MR) is 73.7 cm³/mol. The molecule has 0 aliphatic carbocycles. The normalized spacial score (nSPS) is 15.7. The molecule has 0 fully saturated rings. The largest absolute Gasteiger partial charge is 0.493 e. The molecule has 3 N–H and O–H groups in total. The molecule has 19 heavy (non-hydrogen) atoms. The van der Waals surface area contributed by atoms with E-state index in [1.165, 1.54) is 0 Å². The molecule has 0 aliphatic heterocycles. The number of methoxy groups -OCH3 is 2. The van der Waals surface area contributed by atoms with E-state index in [-0.39, 0.29) is 12.6 Å². The lowest BCUT2D eigenvalue weighted by Gasteiger charge is -2.24. The molecule has 0 aromatic heterocycles. The van der Waals surface area contributed by atoms with Gasteiger partial charge in [-0.05, 0) is 31.5 Å². The first-order valence-corrected chi connectivity index (χ1v) is 6.22. The molecule has 108 valence electrons. The first kappa shape index (κ1) is 15.8. The van der Waals surface area contributed by atoms with Crippen molar-refractivity contribution < 1.29 is 19.7 Å². The second-order valence-corrected chi connectivity index (χ2v) is 4.87. The Bertz CT molecular complexity index is 406. The SMILES string of the molecule is COc1ccc(C(C)NCC(C)(O)CO)cc1OC. The summed E-state index contributed by atoms with van der Waals surface area (Å²) in [5.74, 6) is 1.35. The van der Waals surface area contributed by atoms with Gasteiger partial charge in [0, 0.05) is 12.6 Å². The summed E-state index contributed by atoms with van der Waals surface area (Å²) in [5.41, 5.74) is -0.100. The lowest BCUT2D eigenvalue weighted by Crippen LogP contribution is -2.41. The number of aliphatic hydroxyl groups is 2. The minimum Gasteiger partial charge on any atom is -0.493 e. The molecular formula is C14H23NO4. The molecule has 0 spiro atoms.